The molecule has 6 nitrogen and oxygen atoms in total. The minimum Gasteiger partial charge on any atom is -0.481 e. The Balaban J connectivity index is 1.43. The van der Waals surface area contributed by atoms with Crippen LogP contribution in [0, 0.1) is 11.3 Å². The predicted octanol–water partition coefficient (Wildman–Crippen LogP) is 2.84. The molecule has 0 bridgehead atoms. The van der Waals surface area contributed by atoms with Gasteiger partial charge in [0, 0.05) is 18.0 Å². The molecule has 1 saturated heterocycles. The number of nitrogens with zero attached hydrogens (tertiary/aromatic N) is 3. The van der Waals surface area contributed by atoms with E-state index in [4.69, 9.17) is 10.7 Å². The van der Waals surface area contributed by atoms with Gasteiger partial charge in [-0.3, -0.25) is 9.69 Å². The Morgan fingerprint density at radius 2 is 2.15 bits per heavy atom. The Labute approximate surface area is 156 Å². The molecule has 0 spiro atoms. The van der Waals surface area contributed by atoms with Crippen molar-refractivity contribution < 1.29 is 9.90 Å². The van der Waals surface area contributed by atoms with Crippen LogP contribution in [0.5, 0.6) is 0 Å². The molecule has 3 aliphatic rings. The molecule has 0 aromatic carbocycles. The zero-order valence-electron chi connectivity index (χ0n) is 14.8. The topological polar surface area (TPSA) is 92.3 Å². The number of likely N-dealkylation sites (tertiary alicyclic amines) is 1. The van der Waals surface area contributed by atoms with Crippen LogP contribution in [0.25, 0.3) is 10.2 Å². The normalized spacial score (nSPS) is 28.4. The molecule has 2 atom stereocenters. The molecule has 0 amide bonds. The van der Waals surface area contributed by atoms with E-state index >= 15 is 0 Å². The van der Waals surface area contributed by atoms with Crippen LogP contribution in [0.15, 0.2) is 0 Å². The lowest BCUT2D eigenvalue weighted by molar-refractivity contribution is -0.149. The van der Waals surface area contributed by atoms with E-state index in [2.05, 4.69) is 9.88 Å². The van der Waals surface area contributed by atoms with E-state index in [-0.39, 0.29) is 5.92 Å². The van der Waals surface area contributed by atoms with E-state index in [0.29, 0.717) is 18.9 Å². The average molecular weight is 372 g/mol. The van der Waals surface area contributed by atoms with E-state index in [1.54, 1.807) is 11.3 Å². The quantitative estimate of drug-likeness (QED) is 0.861. The van der Waals surface area contributed by atoms with Gasteiger partial charge in [-0.05, 0) is 50.0 Å². The van der Waals surface area contributed by atoms with Crippen LogP contribution in [0.1, 0.15) is 48.4 Å². The first-order chi connectivity index (χ1) is 12.6. The van der Waals surface area contributed by atoms with E-state index in [1.165, 1.54) is 23.3 Å². The maximum Gasteiger partial charge on any atom is 0.311 e. The largest absolute Gasteiger partial charge is 0.481 e. The van der Waals surface area contributed by atoms with Crippen LogP contribution in [-0.2, 0) is 24.2 Å². The number of anilines is 1. The van der Waals surface area contributed by atoms with E-state index in [0.717, 1.165) is 54.7 Å². The number of carboxylic acid groups (broad SMARTS) is 1. The van der Waals surface area contributed by atoms with Crippen LogP contribution in [0.4, 0.5) is 5.82 Å². The molecule has 0 unspecified atom stereocenters. The number of fused-ring (bicyclic) bond motifs is 4. The number of aromatic nitrogens is 2. The highest BCUT2D eigenvalue weighted by Crippen LogP contribution is 2.49. The van der Waals surface area contributed by atoms with Gasteiger partial charge in [0.25, 0.3) is 0 Å². The molecule has 1 aliphatic heterocycles. The van der Waals surface area contributed by atoms with Gasteiger partial charge in [-0.15, -0.1) is 11.3 Å². The first kappa shape index (κ1) is 16.4. The van der Waals surface area contributed by atoms with Gasteiger partial charge in [0.1, 0.15) is 16.5 Å². The van der Waals surface area contributed by atoms with Crippen molar-refractivity contribution in [2.75, 3.05) is 18.8 Å². The van der Waals surface area contributed by atoms with Gasteiger partial charge < -0.3 is 10.8 Å². The zero-order valence-corrected chi connectivity index (χ0v) is 15.6. The Bertz CT molecular complexity index is 895. The molecule has 3 heterocycles. The molecule has 5 rings (SSSR count). The number of carboxylic acids is 1. The molecule has 1 saturated carbocycles. The Kier molecular flexibility index (Phi) is 3.72. The molecule has 3 N–H and O–H groups in total. The number of nitrogen functional groups attached to an aromatic ring is 1. The Hall–Kier alpha value is -1.73. The van der Waals surface area contributed by atoms with E-state index < -0.39 is 11.4 Å². The van der Waals surface area contributed by atoms with Gasteiger partial charge in [0.15, 0.2) is 0 Å². The second-order valence-corrected chi connectivity index (χ2v) is 9.22. The summed E-state index contributed by atoms with van der Waals surface area (Å²) >= 11 is 1.76. The van der Waals surface area contributed by atoms with Crippen molar-refractivity contribution in [3.63, 3.8) is 0 Å². The summed E-state index contributed by atoms with van der Waals surface area (Å²) in [6.45, 7) is 2.03. The second kappa shape index (κ2) is 5.89. The summed E-state index contributed by atoms with van der Waals surface area (Å²) in [5, 5.41) is 10.8. The summed E-state index contributed by atoms with van der Waals surface area (Å²) in [4.78, 5) is 25.9. The molecule has 2 aliphatic carbocycles. The van der Waals surface area contributed by atoms with Crippen LogP contribution < -0.4 is 5.73 Å². The maximum absolute atomic E-state index is 11.9. The third-order valence-corrected chi connectivity index (χ3v) is 7.81. The SMILES string of the molecule is Nc1nc(CN2C[C@@H]3CCC[C@@]3(C(=O)O)C2)nc2sc3c(c12)CCCC3. The van der Waals surface area contributed by atoms with Gasteiger partial charge in [-0.25, -0.2) is 9.97 Å². The van der Waals surface area contributed by atoms with Crippen LogP contribution in [0.2, 0.25) is 0 Å². The van der Waals surface area contributed by atoms with Crippen molar-refractivity contribution >= 4 is 33.3 Å². The van der Waals surface area contributed by atoms with Gasteiger partial charge >= 0.3 is 5.97 Å². The number of aryl methyl sites for hydroxylation is 2. The number of aliphatic carboxylic acids is 1. The molecular weight excluding hydrogens is 348 g/mol. The summed E-state index contributed by atoms with van der Waals surface area (Å²) in [6, 6.07) is 0. The average Bonchev–Trinajstić information content (AvgIpc) is 3.24. The fraction of sp³-hybridized carbons (Fsp3) is 0.632. The molecule has 138 valence electrons. The van der Waals surface area contributed by atoms with Crippen molar-refractivity contribution in [3.8, 4) is 0 Å². The van der Waals surface area contributed by atoms with Crippen molar-refractivity contribution in [1.29, 1.82) is 0 Å². The lowest BCUT2D eigenvalue weighted by Crippen LogP contribution is -2.35. The van der Waals surface area contributed by atoms with Crippen molar-refractivity contribution in [2.45, 2.75) is 51.5 Å². The van der Waals surface area contributed by atoms with Crippen LogP contribution in [0.3, 0.4) is 0 Å². The minimum absolute atomic E-state index is 0.259. The number of nitrogens with two attached hydrogens (primary N) is 1. The number of thiophene rings is 1. The summed E-state index contributed by atoms with van der Waals surface area (Å²) in [6.07, 6.45) is 7.50. The summed E-state index contributed by atoms with van der Waals surface area (Å²) in [7, 11) is 0. The number of rotatable bonds is 3. The highest BCUT2D eigenvalue weighted by molar-refractivity contribution is 7.19. The minimum atomic E-state index is -0.635. The highest BCUT2D eigenvalue weighted by Gasteiger charge is 2.54. The predicted molar refractivity (Wildman–Crippen MR) is 101 cm³/mol. The highest BCUT2D eigenvalue weighted by atomic mass is 32.1. The van der Waals surface area contributed by atoms with E-state index in [9.17, 15) is 9.90 Å². The van der Waals surface area contributed by atoms with Crippen LogP contribution >= 0.6 is 11.3 Å². The smallest absolute Gasteiger partial charge is 0.311 e. The number of hydrogen-bond donors (Lipinski definition) is 2. The molecule has 2 aromatic heterocycles. The fourth-order valence-electron chi connectivity index (χ4n) is 5.37. The third kappa shape index (κ3) is 2.36. The molecule has 26 heavy (non-hydrogen) atoms. The van der Waals surface area contributed by atoms with E-state index in [1.807, 2.05) is 0 Å². The third-order valence-electron chi connectivity index (χ3n) is 6.62. The molecular formula is C19H24N4O2S. The number of hydrogen-bond acceptors (Lipinski definition) is 6. The summed E-state index contributed by atoms with van der Waals surface area (Å²) in [5.41, 5.74) is 7.11. The Morgan fingerprint density at radius 3 is 2.96 bits per heavy atom. The molecule has 2 aromatic rings. The second-order valence-electron chi connectivity index (χ2n) is 8.14. The maximum atomic E-state index is 11.9. The number of carbonyl (C=O) groups is 1. The molecule has 2 fully saturated rings. The first-order valence-corrected chi connectivity index (χ1v) is 10.4. The lowest BCUT2D eigenvalue weighted by atomic mass is 9.81. The monoisotopic (exact) mass is 372 g/mol. The molecule has 0 radical (unpaired) electrons. The van der Waals surface area contributed by atoms with Crippen molar-refractivity contribution in [2.24, 2.45) is 11.3 Å². The zero-order chi connectivity index (χ0) is 17.9. The van der Waals surface area contributed by atoms with Crippen molar-refractivity contribution in [3.05, 3.63) is 16.3 Å². The van der Waals surface area contributed by atoms with Gasteiger partial charge in [-0.1, -0.05) is 6.42 Å². The summed E-state index contributed by atoms with van der Waals surface area (Å²) < 4.78 is 0. The van der Waals surface area contributed by atoms with Crippen LogP contribution in [-0.4, -0.2) is 39.0 Å². The van der Waals surface area contributed by atoms with Gasteiger partial charge in [0.05, 0.1) is 17.3 Å². The van der Waals surface area contributed by atoms with Gasteiger partial charge in [-0.2, -0.15) is 0 Å². The first-order valence-electron chi connectivity index (χ1n) is 9.59. The lowest BCUT2D eigenvalue weighted by Gasteiger charge is -2.23. The summed E-state index contributed by atoms with van der Waals surface area (Å²) in [5.74, 6) is 0.949. The Morgan fingerprint density at radius 1 is 1.31 bits per heavy atom. The fourth-order valence-corrected chi connectivity index (χ4v) is 6.65. The van der Waals surface area contributed by atoms with Crippen molar-refractivity contribution in [1.82, 2.24) is 14.9 Å². The standard InChI is InChI=1S/C19H24N4O2S/c20-16-15-12-5-1-2-6-13(12)26-17(15)22-14(21-16)9-23-8-11-4-3-7-19(11,10-23)18(24)25/h11H,1-10H2,(H,24,25)(H2,20,21,22)/t11-,19+/m0/s1. The molecule has 7 heteroatoms. The van der Waals surface area contributed by atoms with Gasteiger partial charge in [0.2, 0.25) is 0 Å².